The van der Waals surface area contributed by atoms with Gasteiger partial charge in [0.05, 0.1) is 0 Å². The van der Waals surface area contributed by atoms with Crippen LogP contribution in [0.1, 0.15) is 183 Å². The third-order valence-electron chi connectivity index (χ3n) is 8.36. The first kappa shape index (κ1) is 33.6. The quantitative estimate of drug-likeness (QED) is 0.361. The van der Waals surface area contributed by atoms with Crippen LogP contribution in [0.5, 0.6) is 0 Å². The van der Waals surface area contributed by atoms with Gasteiger partial charge in [-0.2, -0.15) is 0 Å². The van der Waals surface area contributed by atoms with E-state index < -0.39 is 0 Å². The Hall–Kier alpha value is -1.56. The minimum Gasteiger partial charge on any atom is -0.0616 e. The molecule has 0 spiro atoms. The molecule has 0 bridgehead atoms. The van der Waals surface area contributed by atoms with Gasteiger partial charge in [0.2, 0.25) is 0 Å². The smallest absolute Gasteiger partial charge is 0.0155 e. The molecule has 0 radical (unpaired) electrons. The second kappa shape index (κ2) is 9.77. The minimum absolute atomic E-state index is 0.00650. The van der Waals surface area contributed by atoms with E-state index in [0.717, 1.165) is 0 Å². The Balaban J connectivity index is 3.41. The van der Waals surface area contributed by atoms with Gasteiger partial charge in [-0.05, 0) is 77.0 Å². The number of hydrogen-bond donors (Lipinski definition) is 0. The van der Waals surface area contributed by atoms with Crippen LogP contribution in [0.3, 0.4) is 0 Å². The largest absolute Gasteiger partial charge is 0.0616 e. The fourth-order valence-electron chi connectivity index (χ4n) is 6.69. The second-order valence-corrected chi connectivity index (χ2v) is 18.9. The van der Waals surface area contributed by atoms with Gasteiger partial charge in [0, 0.05) is 5.41 Å². The summed E-state index contributed by atoms with van der Waals surface area (Å²) in [6.45, 7) is 48.3. The Morgan fingerprint density at radius 1 is 0.308 bits per heavy atom. The Labute approximate surface area is 244 Å². The van der Waals surface area contributed by atoms with E-state index in [1.54, 1.807) is 11.1 Å². The summed E-state index contributed by atoms with van der Waals surface area (Å²) in [6.07, 6.45) is 0. The average Bonchev–Trinajstić information content (AvgIpc) is 2.67. The molecule has 0 atom stereocenters. The highest BCUT2D eigenvalue weighted by atomic mass is 14.5. The standard InChI is InChI=1S/C39H64/c1-33(2,3)25-22-21-23-26(29(25)36(10,11)12)39(19,20)31-28(35(7,8)9)24-27(34(4,5)6)30(37(13,14)15)32(31)38(16,17)18/h21-24H,1-20H3. The SMILES string of the molecule is CC(C)(C)c1cccc(C(C)(C)c2c(C(C)(C)C)cc(C(C)(C)C)c(C(C)(C)C)c2C(C)(C)C)c1C(C)(C)C. The van der Waals surface area contributed by atoms with Crippen LogP contribution in [0.15, 0.2) is 24.3 Å². The van der Waals surface area contributed by atoms with Gasteiger partial charge in [0.1, 0.15) is 0 Å². The zero-order chi connectivity index (χ0) is 30.9. The Morgan fingerprint density at radius 3 is 0.974 bits per heavy atom. The molecule has 220 valence electrons. The maximum absolute atomic E-state index is 2.61. The van der Waals surface area contributed by atoms with Gasteiger partial charge in [0.15, 0.2) is 0 Å². The molecule has 0 amide bonds. The molecule has 39 heavy (non-hydrogen) atoms. The molecular weight excluding hydrogens is 468 g/mol. The average molecular weight is 533 g/mol. The lowest BCUT2D eigenvalue weighted by atomic mass is 9.58. The summed E-state index contributed by atoms with van der Waals surface area (Å²) in [7, 11) is 0. The van der Waals surface area contributed by atoms with E-state index in [0.29, 0.717) is 0 Å². The molecule has 0 aliphatic rings. The van der Waals surface area contributed by atoms with Crippen molar-refractivity contribution in [2.45, 2.75) is 176 Å². The van der Waals surface area contributed by atoms with E-state index in [9.17, 15) is 0 Å². The Morgan fingerprint density at radius 2 is 0.641 bits per heavy atom. The Bertz CT molecular complexity index is 1190. The third-order valence-corrected chi connectivity index (χ3v) is 8.36. The minimum atomic E-state index is -0.189. The molecule has 0 aliphatic heterocycles. The molecule has 0 saturated carbocycles. The zero-order valence-corrected chi connectivity index (χ0v) is 29.8. The van der Waals surface area contributed by atoms with Gasteiger partial charge < -0.3 is 0 Å². The summed E-state index contributed by atoms with van der Waals surface area (Å²) < 4.78 is 0. The fourth-order valence-corrected chi connectivity index (χ4v) is 6.69. The van der Waals surface area contributed by atoms with E-state index in [-0.39, 0.29) is 37.9 Å². The van der Waals surface area contributed by atoms with Crippen LogP contribution < -0.4 is 0 Å². The molecular formula is C39H64. The third kappa shape index (κ3) is 6.68. The van der Waals surface area contributed by atoms with Gasteiger partial charge in [-0.25, -0.2) is 0 Å². The molecule has 0 heteroatoms. The van der Waals surface area contributed by atoms with Crippen molar-refractivity contribution in [2.75, 3.05) is 0 Å². The van der Waals surface area contributed by atoms with Gasteiger partial charge in [-0.15, -0.1) is 0 Å². The summed E-state index contributed by atoms with van der Waals surface area (Å²) in [5.74, 6) is 0. The van der Waals surface area contributed by atoms with Crippen LogP contribution in [-0.4, -0.2) is 0 Å². The van der Waals surface area contributed by atoms with Crippen molar-refractivity contribution in [1.82, 2.24) is 0 Å². The van der Waals surface area contributed by atoms with Gasteiger partial charge in [0.25, 0.3) is 0 Å². The fraction of sp³-hybridized carbons (Fsp3) is 0.692. The molecule has 0 saturated heterocycles. The van der Waals surface area contributed by atoms with Crippen LogP contribution in [0.2, 0.25) is 0 Å². The molecule has 2 aromatic carbocycles. The van der Waals surface area contributed by atoms with Crippen LogP contribution in [-0.2, 0) is 37.9 Å². The first-order valence-electron chi connectivity index (χ1n) is 15.3. The number of benzene rings is 2. The lowest BCUT2D eigenvalue weighted by molar-refractivity contribution is 0.461. The van der Waals surface area contributed by atoms with E-state index in [1.807, 2.05) is 0 Å². The topological polar surface area (TPSA) is 0 Å². The lowest BCUT2D eigenvalue weighted by Crippen LogP contribution is -2.38. The predicted octanol–water partition coefficient (Wildman–Crippen LogP) is 11.8. The Kier molecular flexibility index (Phi) is 8.43. The van der Waals surface area contributed by atoms with E-state index in [1.165, 1.54) is 33.4 Å². The van der Waals surface area contributed by atoms with E-state index >= 15 is 0 Å². The van der Waals surface area contributed by atoms with Crippen molar-refractivity contribution in [1.29, 1.82) is 0 Å². The van der Waals surface area contributed by atoms with Crippen molar-refractivity contribution >= 4 is 0 Å². The summed E-state index contributed by atoms with van der Waals surface area (Å²) in [6, 6.07) is 9.73. The van der Waals surface area contributed by atoms with Crippen LogP contribution in [0.4, 0.5) is 0 Å². The van der Waals surface area contributed by atoms with E-state index in [4.69, 9.17) is 0 Å². The number of rotatable bonds is 2. The maximum atomic E-state index is 2.61. The zero-order valence-electron chi connectivity index (χ0n) is 29.8. The predicted molar refractivity (Wildman–Crippen MR) is 177 cm³/mol. The normalized spacial score (nSPS) is 14.7. The summed E-state index contributed by atoms with van der Waals surface area (Å²) in [4.78, 5) is 0. The van der Waals surface area contributed by atoms with E-state index in [2.05, 4.69) is 163 Å². The summed E-state index contributed by atoms with van der Waals surface area (Å²) in [5.41, 5.74) is 12.1. The molecule has 0 fully saturated rings. The van der Waals surface area contributed by atoms with Crippen molar-refractivity contribution < 1.29 is 0 Å². The first-order valence-corrected chi connectivity index (χ1v) is 15.3. The molecule has 0 heterocycles. The summed E-state index contributed by atoms with van der Waals surface area (Å²) in [5, 5.41) is 0. The van der Waals surface area contributed by atoms with Crippen LogP contribution >= 0.6 is 0 Å². The highest BCUT2D eigenvalue weighted by Gasteiger charge is 2.43. The summed E-state index contributed by atoms with van der Waals surface area (Å²) >= 11 is 0. The molecule has 0 aliphatic carbocycles. The maximum Gasteiger partial charge on any atom is 0.0155 e. The molecule has 2 aromatic rings. The van der Waals surface area contributed by atoms with Gasteiger partial charge >= 0.3 is 0 Å². The molecule has 0 aromatic heterocycles. The molecule has 2 rings (SSSR count). The van der Waals surface area contributed by atoms with Crippen molar-refractivity contribution in [3.05, 3.63) is 68.8 Å². The van der Waals surface area contributed by atoms with Crippen molar-refractivity contribution in [3.63, 3.8) is 0 Å². The molecule has 0 unspecified atom stereocenters. The monoisotopic (exact) mass is 533 g/mol. The van der Waals surface area contributed by atoms with Crippen LogP contribution in [0.25, 0.3) is 0 Å². The highest BCUT2D eigenvalue weighted by molar-refractivity contribution is 5.62. The van der Waals surface area contributed by atoms with Crippen molar-refractivity contribution in [2.24, 2.45) is 0 Å². The lowest BCUT2D eigenvalue weighted by Gasteiger charge is -2.46. The van der Waals surface area contributed by atoms with Gasteiger partial charge in [-0.1, -0.05) is 163 Å². The second-order valence-electron chi connectivity index (χ2n) is 18.9. The highest BCUT2D eigenvalue weighted by Crippen LogP contribution is 2.52. The van der Waals surface area contributed by atoms with Crippen molar-refractivity contribution in [3.8, 4) is 0 Å². The van der Waals surface area contributed by atoms with Crippen LogP contribution in [0, 0.1) is 0 Å². The van der Waals surface area contributed by atoms with Gasteiger partial charge in [-0.3, -0.25) is 0 Å². The molecule has 0 nitrogen and oxygen atoms in total. The first-order chi connectivity index (χ1) is 16.9. The molecule has 0 N–H and O–H groups in total. The number of hydrogen-bond acceptors (Lipinski definition) is 0.